The van der Waals surface area contributed by atoms with E-state index in [1.807, 2.05) is 0 Å². The van der Waals surface area contributed by atoms with Crippen molar-refractivity contribution < 1.29 is 4.74 Å². The van der Waals surface area contributed by atoms with Crippen molar-refractivity contribution >= 4 is 5.69 Å². The van der Waals surface area contributed by atoms with Crippen LogP contribution in [0.3, 0.4) is 0 Å². The summed E-state index contributed by atoms with van der Waals surface area (Å²) in [5, 5.41) is 3.61. The maximum Gasteiger partial charge on any atom is 0.0503 e. The number of hydrogen-bond acceptors (Lipinski definition) is 3. The Hall–Kier alpha value is -1.06. The Bertz CT molecular complexity index is 408. The summed E-state index contributed by atoms with van der Waals surface area (Å²) >= 11 is 0. The van der Waals surface area contributed by atoms with Gasteiger partial charge in [-0.2, -0.15) is 0 Å². The molecule has 0 bridgehead atoms. The van der Waals surface area contributed by atoms with E-state index < -0.39 is 0 Å². The molecule has 3 nitrogen and oxygen atoms in total. The van der Waals surface area contributed by atoms with Crippen LogP contribution in [0.15, 0.2) is 24.3 Å². The number of nitrogens with one attached hydrogen (secondary N) is 1. The van der Waals surface area contributed by atoms with Crippen LogP contribution < -0.4 is 10.2 Å². The lowest BCUT2D eigenvalue weighted by Crippen LogP contribution is -2.42. The Morgan fingerprint density at radius 1 is 1.30 bits per heavy atom. The van der Waals surface area contributed by atoms with Crippen molar-refractivity contribution in [2.24, 2.45) is 5.92 Å². The van der Waals surface area contributed by atoms with Gasteiger partial charge in [0.05, 0.1) is 6.61 Å². The largest absolute Gasteiger partial charge is 0.384 e. The van der Waals surface area contributed by atoms with Gasteiger partial charge in [0.1, 0.15) is 0 Å². The standard InChI is InChI=1S/C17H28N2O/c1-14-12-18-15(2)8-10-19(13-14)17-7-5-4-6-16(17)9-11-20-3/h4-7,14-15,18H,8-13H2,1-3H3. The van der Waals surface area contributed by atoms with Gasteiger partial charge in [-0.3, -0.25) is 0 Å². The van der Waals surface area contributed by atoms with Crippen molar-refractivity contribution in [1.82, 2.24) is 5.32 Å². The first-order chi connectivity index (χ1) is 9.70. The molecule has 1 saturated heterocycles. The molecule has 2 rings (SSSR count). The van der Waals surface area contributed by atoms with E-state index in [0.717, 1.165) is 32.7 Å². The molecule has 0 radical (unpaired) electrons. The topological polar surface area (TPSA) is 24.5 Å². The van der Waals surface area contributed by atoms with Gasteiger partial charge in [0.15, 0.2) is 0 Å². The molecule has 1 aromatic rings. The number of ether oxygens (including phenoxy) is 1. The summed E-state index contributed by atoms with van der Waals surface area (Å²) in [7, 11) is 1.77. The second-order valence-electron chi connectivity index (χ2n) is 6.02. The highest BCUT2D eigenvalue weighted by molar-refractivity contribution is 5.54. The van der Waals surface area contributed by atoms with Crippen LogP contribution in [-0.4, -0.2) is 39.4 Å². The third-order valence-electron chi connectivity index (χ3n) is 4.09. The second kappa shape index (κ2) is 7.65. The van der Waals surface area contributed by atoms with Crippen molar-refractivity contribution in [3.63, 3.8) is 0 Å². The predicted octanol–water partition coefficient (Wildman–Crippen LogP) is 2.70. The summed E-state index contributed by atoms with van der Waals surface area (Å²) in [6.45, 7) is 8.77. The van der Waals surface area contributed by atoms with Crippen LogP contribution in [0, 0.1) is 5.92 Å². The minimum Gasteiger partial charge on any atom is -0.384 e. The van der Waals surface area contributed by atoms with Gasteiger partial charge < -0.3 is 15.0 Å². The first-order valence-electron chi connectivity index (χ1n) is 7.76. The average molecular weight is 276 g/mol. The molecule has 1 aliphatic heterocycles. The highest BCUT2D eigenvalue weighted by atomic mass is 16.5. The monoisotopic (exact) mass is 276 g/mol. The zero-order chi connectivity index (χ0) is 14.4. The van der Waals surface area contributed by atoms with Gasteiger partial charge in [-0.25, -0.2) is 0 Å². The molecule has 0 spiro atoms. The van der Waals surface area contributed by atoms with Crippen molar-refractivity contribution in [2.75, 3.05) is 38.3 Å². The van der Waals surface area contributed by atoms with E-state index in [-0.39, 0.29) is 0 Å². The minimum atomic E-state index is 0.603. The molecule has 20 heavy (non-hydrogen) atoms. The van der Waals surface area contributed by atoms with Crippen molar-refractivity contribution in [2.45, 2.75) is 32.7 Å². The maximum absolute atomic E-state index is 5.24. The quantitative estimate of drug-likeness (QED) is 0.915. The maximum atomic E-state index is 5.24. The van der Waals surface area contributed by atoms with Crippen molar-refractivity contribution in [3.05, 3.63) is 29.8 Å². The number of nitrogens with zero attached hydrogens (tertiary/aromatic N) is 1. The van der Waals surface area contributed by atoms with Crippen molar-refractivity contribution in [1.29, 1.82) is 0 Å². The zero-order valence-electron chi connectivity index (χ0n) is 13.1. The van der Waals surface area contributed by atoms with Gasteiger partial charge in [-0.05, 0) is 43.9 Å². The molecule has 2 unspecified atom stereocenters. The van der Waals surface area contributed by atoms with Crippen LogP contribution in [0.25, 0.3) is 0 Å². The van der Waals surface area contributed by atoms with Gasteiger partial charge in [0, 0.05) is 31.9 Å². The van der Waals surface area contributed by atoms with Gasteiger partial charge in [-0.1, -0.05) is 25.1 Å². The van der Waals surface area contributed by atoms with Gasteiger partial charge in [-0.15, -0.1) is 0 Å². The lowest BCUT2D eigenvalue weighted by molar-refractivity contribution is 0.202. The Labute approximate surface area is 123 Å². The average Bonchev–Trinajstić information content (AvgIpc) is 2.46. The number of methoxy groups -OCH3 is 1. The first-order valence-corrected chi connectivity index (χ1v) is 7.76. The molecule has 1 aliphatic rings. The lowest BCUT2D eigenvalue weighted by atomic mass is 10.0. The van der Waals surface area contributed by atoms with Gasteiger partial charge in [0.2, 0.25) is 0 Å². The van der Waals surface area contributed by atoms with Crippen molar-refractivity contribution in [3.8, 4) is 0 Å². The van der Waals surface area contributed by atoms with E-state index in [1.165, 1.54) is 17.7 Å². The molecule has 1 N–H and O–H groups in total. The summed E-state index contributed by atoms with van der Waals surface area (Å²) in [5.41, 5.74) is 2.80. The fourth-order valence-electron chi connectivity index (χ4n) is 2.85. The SMILES string of the molecule is COCCc1ccccc1N1CCC(C)NCC(C)C1. The van der Waals surface area contributed by atoms with E-state index in [4.69, 9.17) is 4.74 Å². The summed E-state index contributed by atoms with van der Waals surface area (Å²) < 4.78 is 5.24. The summed E-state index contributed by atoms with van der Waals surface area (Å²) in [4.78, 5) is 2.56. The molecule has 1 heterocycles. The molecular weight excluding hydrogens is 248 g/mol. The number of hydrogen-bond donors (Lipinski definition) is 1. The number of anilines is 1. The molecule has 0 aromatic heterocycles. The van der Waals surface area contributed by atoms with E-state index >= 15 is 0 Å². The Morgan fingerprint density at radius 3 is 2.90 bits per heavy atom. The molecule has 1 fully saturated rings. The molecule has 0 saturated carbocycles. The van der Waals surface area contributed by atoms with Gasteiger partial charge in [0.25, 0.3) is 0 Å². The molecule has 1 aromatic carbocycles. The van der Waals surface area contributed by atoms with Crippen LogP contribution in [0.5, 0.6) is 0 Å². The van der Waals surface area contributed by atoms with Crippen LogP contribution >= 0.6 is 0 Å². The normalized spacial score (nSPS) is 24.2. The Morgan fingerprint density at radius 2 is 2.10 bits per heavy atom. The smallest absolute Gasteiger partial charge is 0.0503 e. The molecule has 112 valence electrons. The number of rotatable bonds is 4. The summed E-state index contributed by atoms with van der Waals surface area (Å²) in [5.74, 6) is 0.674. The molecule has 3 heteroatoms. The third kappa shape index (κ3) is 4.22. The van der Waals surface area contributed by atoms with E-state index in [1.54, 1.807) is 7.11 Å². The fourth-order valence-corrected chi connectivity index (χ4v) is 2.85. The highest BCUT2D eigenvalue weighted by Gasteiger charge is 2.18. The number of para-hydroxylation sites is 1. The predicted molar refractivity (Wildman–Crippen MR) is 85.5 cm³/mol. The highest BCUT2D eigenvalue weighted by Crippen LogP contribution is 2.23. The Balaban J connectivity index is 2.15. The fraction of sp³-hybridized carbons (Fsp3) is 0.647. The minimum absolute atomic E-state index is 0.603. The van der Waals surface area contributed by atoms with Gasteiger partial charge >= 0.3 is 0 Å². The molecule has 2 atom stereocenters. The van der Waals surface area contributed by atoms with Crippen LogP contribution in [0.1, 0.15) is 25.8 Å². The third-order valence-corrected chi connectivity index (χ3v) is 4.09. The molecular formula is C17H28N2O. The molecule has 0 amide bonds. The summed E-state index contributed by atoms with van der Waals surface area (Å²) in [6.07, 6.45) is 2.19. The Kier molecular flexibility index (Phi) is 5.86. The van der Waals surface area contributed by atoms with E-state index in [0.29, 0.717) is 12.0 Å². The van der Waals surface area contributed by atoms with Crippen LogP contribution in [-0.2, 0) is 11.2 Å². The first kappa shape index (κ1) is 15.3. The molecule has 0 aliphatic carbocycles. The lowest BCUT2D eigenvalue weighted by Gasteiger charge is -2.34. The number of benzene rings is 1. The van der Waals surface area contributed by atoms with Crippen LogP contribution in [0.4, 0.5) is 5.69 Å². The zero-order valence-corrected chi connectivity index (χ0v) is 13.1. The van der Waals surface area contributed by atoms with Crippen LogP contribution in [0.2, 0.25) is 0 Å². The van der Waals surface area contributed by atoms with E-state index in [9.17, 15) is 0 Å². The second-order valence-corrected chi connectivity index (χ2v) is 6.02. The summed E-state index contributed by atoms with van der Waals surface area (Å²) in [6, 6.07) is 9.38. The van der Waals surface area contributed by atoms with E-state index in [2.05, 4.69) is 48.3 Å².